The molecule has 1 aliphatic rings. The third-order valence-corrected chi connectivity index (χ3v) is 1.85. The summed E-state index contributed by atoms with van der Waals surface area (Å²) in [6.45, 7) is 0.492. The van der Waals surface area contributed by atoms with Crippen molar-refractivity contribution in [3.05, 3.63) is 0 Å². The van der Waals surface area contributed by atoms with E-state index in [0.717, 1.165) is 19.3 Å². The van der Waals surface area contributed by atoms with Gasteiger partial charge in [-0.1, -0.05) is 6.42 Å². The molecule has 0 unspecified atom stereocenters. The van der Waals surface area contributed by atoms with E-state index in [2.05, 4.69) is 0 Å². The second kappa shape index (κ2) is 6.74. The lowest BCUT2D eigenvalue weighted by molar-refractivity contribution is -0.147. The van der Waals surface area contributed by atoms with Gasteiger partial charge in [0.15, 0.2) is 0 Å². The average Bonchev–Trinajstić information content (AvgIpc) is 1.85. The molecule has 6 heteroatoms. The molecule has 1 nitrogen and oxygen atoms in total. The molecule has 0 aromatic rings. The first-order valence-electron chi connectivity index (χ1n) is 3.87. The summed E-state index contributed by atoms with van der Waals surface area (Å²) in [6.07, 6.45) is -1.11. The van der Waals surface area contributed by atoms with Crippen LogP contribution in [0.15, 0.2) is 0 Å². The van der Waals surface area contributed by atoms with E-state index in [1.54, 1.807) is 0 Å². The van der Waals surface area contributed by atoms with E-state index in [0.29, 0.717) is 13.1 Å². The number of piperidine rings is 1. The van der Waals surface area contributed by atoms with Crippen LogP contribution in [0.4, 0.5) is 13.2 Å². The van der Waals surface area contributed by atoms with Gasteiger partial charge in [0.05, 0.1) is 6.54 Å². The predicted octanol–water partition coefficient (Wildman–Crippen LogP) is 2.88. The molecule has 0 amide bonds. The van der Waals surface area contributed by atoms with Crippen molar-refractivity contribution in [3.8, 4) is 0 Å². The molecule has 0 radical (unpaired) electrons. The summed E-state index contributed by atoms with van der Waals surface area (Å²) in [5, 5.41) is 0. The van der Waals surface area contributed by atoms with Gasteiger partial charge in [0.2, 0.25) is 0 Å². The van der Waals surface area contributed by atoms with Crippen molar-refractivity contribution >= 4 is 24.8 Å². The molecule has 13 heavy (non-hydrogen) atoms. The fourth-order valence-corrected chi connectivity index (χ4v) is 1.37. The fourth-order valence-electron chi connectivity index (χ4n) is 1.37. The lowest BCUT2D eigenvalue weighted by Gasteiger charge is -2.26. The molecule has 82 valence electrons. The lowest BCUT2D eigenvalue weighted by atomic mass is 10.1. The largest absolute Gasteiger partial charge is 0.401 e. The first-order chi connectivity index (χ1) is 5.08. The van der Waals surface area contributed by atoms with Gasteiger partial charge < -0.3 is 0 Å². The molecule has 1 fully saturated rings. The summed E-state index contributed by atoms with van der Waals surface area (Å²) in [4.78, 5) is 1.48. The van der Waals surface area contributed by atoms with E-state index in [1.165, 1.54) is 4.90 Å². The van der Waals surface area contributed by atoms with Crippen molar-refractivity contribution in [1.82, 2.24) is 4.90 Å². The fraction of sp³-hybridized carbons (Fsp3) is 1.00. The van der Waals surface area contributed by atoms with E-state index in [4.69, 9.17) is 0 Å². The van der Waals surface area contributed by atoms with Gasteiger partial charge in [-0.3, -0.25) is 4.90 Å². The smallest absolute Gasteiger partial charge is 0.295 e. The van der Waals surface area contributed by atoms with E-state index < -0.39 is 12.7 Å². The van der Waals surface area contributed by atoms with Crippen molar-refractivity contribution in [2.24, 2.45) is 0 Å². The van der Waals surface area contributed by atoms with E-state index >= 15 is 0 Å². The second-order valence-corrected chi connectivity index (χ2v) is 2.95. The molecule has 0 N–H and O–H groups in total. The summed E-state index contributed by atoms with van der Waals surface area (Å²) in [7, 11) is 0. The first-order valence-corrected chi connectivity index (χ1v) is 3.87. The van der Waals surface area contributed by atoms with Crippen LogP contribution in [0.1, 0.15) is 19.3 Å². The minimum absolute atomic E-state index is 0. The Bertz CT molecular complexity index is 123. The molecule has 1 aliphatic heterocycles. The molecule has 0 aliphatic carbocycles. The Kier molecular flexibility index (Phi) is 8.18. The topological polar surface area (TPSA) is 3.24 Å². The molecule has 1 heterocycles. The maximum atomic E-state index is 11.8. The molecule has 1 saturated heterocycles. The predicted molar refractivity (Wildman–Crippen MR) is 50.8 cm³/mol. The maximum absolute atomic E-state index is 11.8. The number of alkyl halides is 3. The zero-order chi connectivity index (χ0) is 8.32. The van der Waals surface area contributed by atoms with Crippen LogP contribution >= 0.6 is 24.8 Å². The highest BCUT2D eigenvalue weighted by molar-refractivity contribution is 5.85. The number of rotatable bonds is 1. The SMILES string of the molecule is Cl.Cl.FC(F)(F)CN1CCCCC1. The van der Waals surface area contributed by atoms with Crippen molar-refractivity contribution in [2.75, 3.05) is 19.6 Å². The summed E-state index contributed by atoms with van der Waals surface area (Å²) < 4.78 is 35.4. The van der Waals surface area contributed by atoms with Crippen LogP contribution < -0.4 is 0 Å². The summed E-state index contributed by atoms with van der Waals surface area (Å²) in [5.41, 5.74) is 0. The Morgan fingerprint density at radius 1 is 0.923 bits per heavy atom. The normalized spacial score (nSPS) is 18.7. The quantitative estimate of drug-likeness (QED) is 0.681. The zero-order valence-electron chi connectivity index (χ0n) is 7.14. The Hall–Kier alpha value is 0.330. The van der Waals surface area contributed by atoms with Crippen LogP contribution in [0, 0.1) is 0 Å². The number of hydrogen-bond acceptors (Lipinski definition) is 1. The van der Waals surface area contributed by atoms with E-state index in [1.807, 2.05) is 0 Å². The van der Waals surface area contributed by atoms with Gasteiger partial charge in [-0.15, -0.1) is 24.8 Å². The molecule has 0 aromatic carbocycles. The van der Waals surface area contributed by atoms with Gasteiger partial charge >= 0.3 is 6.18 Å². The number of likely N-dealkylation sites (tertiary alicyclic amines) is 1. The lowest BCUT2D eigenvalue weighted by Crippen LogP contribution is -2.37. The van der Waals surface area contributed by atoms with Crippen LogP contribution in [0.3, 0.4) is 0 Å². The first kappa shape index (κ1) is 15.8. The standard InChI is InChI=1S/C7H12F3N.2ClH/c8-7(9,10)6-11-4-2-1-3-5-11;;/h1-6H2;2*1H. The summed E-state index contributed by atoms with van der Waals surface area (Å²) in [6, 6.07) is 0. The van der Waals surface area contributed by atoms with Crippen molar-refractivity contribution in [3.63, 3.8) is 0 Å². The van der Waals surface area contributed by atoms with Gasteiger partial charge in [0.25, 0.3) is 0 Å². The Labute approximate surface area is 88.5 Å². The molecule has 0 saturated carbocycles. The third-order valence-electron chi connectivity index (χ3n) is 1.85. The number of hydrogen-bond donors (Lipinski definition) is 0. The van der Waals surface area contributed by atoms with Gasteiger partial charge in [-0.2, -0.15) is 13.2 Å². The Morgan fingerprint density at radius 2 is 1.38 bits per heavy atom. The number of nitrogens with zero attached hydrogens (tertiary/aromatic N) is 1. The highest BCUT2D eigenvalue weighted by Gasteiger charge is 2.30. The van der Waals surface area contributed by atoms with Crippen molar-refractivity contribution in [2.45, 2.75) is 25.4 Å². The van der Waals surface area contributed by atoms with Crippen molar-refractivity contribution < 1.29 is 13.2 Å². The van der Waals surface area contributed by atoms with Crippen LogP contribution in [0.2, 0.25) is 0 Å². The van der Waals surface area contributed by atoms with Crippen LogP contribution in [-0.4, -0.2) is 30.7 Å². The molecular formula is C7H14Cl2F3N. The summed E-state index contributed by atoms with van der Waals surface area (Å²) >= 11 is 0. The Balaban J connectivity index is 0. The van der Waals surface area contributed by atoms with Crippen LogP contribution in [-0.2, 0) is 0 Å². The zero-order valence-corrected chi connectivity index (χ0v) is 8.77. The maximum Gasteiger partial charge on any atom is 0.401 e. The summed E-state index contributed by atoms with van der Waals surface area (Å²) in [5.74, 6) is 0. The van der Waals surface area contributed by atoms with Gasteiger partial charge in [-0.25, -0.2) is 0 Å². The van der Waals surface area contributed by atoms with E-state index in [-0.39, 0.29) is 24.8 Å². The third kappa shape index (κ3) is 7.40. The monoisotopic (exact) mass is 239 g/mol. The van der Waals surface area contributed by atoms with Crippen molar-refractivity contribution in [1.29, 1.82) is 0 Å². The number of halogens is 5. The average molecular weight is 240 g/mol. The van der Waals surface area contributed by atoms with E-state index in [9.17, 15) is 13.2 Å². The second-order valence-electron chi connectivity index (χ2n) is 2.95. The highest BCUT2D eigenvalue weighted by Crippen LogP contribution is 2.19. The van der Waals surface area contributed by atoms with Gasteiger partial charge in [0.1, 0.15) is 0 Å². The Morgan fingerprint density at radius 3 is 1.77 bits per heavy atom. The van der Waals surface area contributed by atoms with Crippen LogP contribution in [0.5, 0.6) is 0 Å². The highest BCUT2D eigenvalue weighted by atomic mass is 35.5. The molecule has 0 aromatic heterocycles. The molecule has 0 bridgehead atoms. The molecule has 0 spiro atoms. The molecule has 1 rings (SSSR count). The minimum Gasteiger partial charge on any atom is -0.295 e. The van der Waals surface area contributed by atoms with Gasteiger partial charge in [-0.05, 0) is 25.9 Å². The molecular weight excluding hydrogens is 226 g/mol. The van der Waals surface area contributed by atoms with Crippen LogP contribution in [0.25, 0.3) is 0 Å². The minimum atomic E-state index is -4.02. The van der Waals surface area contributed by atoms with Gasteiger partial charge in [0, 0.05) is 0 Å². The molecule has 0 atom stereocenters.